The summed E-state index contributed by atoms with van der Waals surface area (Å²) in [5.41, 5.74) is -0.679. The smallest absolute Gasteiger partial charge is 0.339 e. The summed E-state index contributed by atoms with van der Waals surface area (Å²) in [6.07, 6.45) is -0.274. The molecule has 1 N–H and O–H groups in total. The molecule has 0 saturated heterocycles. The number of benzene rings is 1. The Labute approximate surface area is 103 Å². The molecule has 0 aliphatic heterocycles. The maximum Gasteiger partial charge on any atom is 0.339 e. The van der Waals surface area contributed by atoms with Crippen LogP contribution >= 0.6 is 0 Å². The molecule has 7 heteroatoms. The van der Waals surface area contributed by atoms with Crippen molar-refractivity contribution >= 4 is 11.7 Å². The molecule has 0 aromatic heterocycles. The van der Waals surface area contributed by atoms with Gasteiger partial charge in [0.2, 0.25) is 5.75 Å². The lowest BCUT2D eigenvalue weighted by Crippen LogP contribution is -2.09. The highest BCUT2D eigenvalue weighted by Crippen LogP contribution is 2.35. The number of methoxy groups -OCH3 is 1. The number of carbonyl (C=O) groups is 1. The summed E-state index contributed by atoms with van der Waals surface area (Å²) in [6, 6.07) is 2.14. The predicted octanol–water partition coefficient (Wildman–Crippen LogP) is 2.09. The van der Waals surface area contributed by atoms with Crippen LogP contribution in [-0.2, 0) is 0 Å². The molecule has 1 rings (SSSR count). The van der Waals surface area contributed by atoms with E-state index < -0.39 is 16.6 Å². The number of hydrogen-bond donors (Lipinski definition) is 1. The van der Waals surface area contributed by atoms with E-state index in [0.29, 0.717) is 0 Å². The third kappa shape index (κ3) is 2.88. The van der Waals surface area contributed by atoms with Crippen molar-refractivity contribution in [1.82, 2.24) is 0 Å². The van der Waals surface area contributed by atoms with Crippen molar-refractivity contribution in [3.05, 3.63) is 27.8 Å². The first-order valence-corrected chi connectivity index (χ1v) is 5.13. The Balaban J connectivity index is 3.41. The number of nitro groups is 1. The molecule has 0 radical (unpaired) electrons. The summed E-state index contributed by atoms with van der Waals surface area (Å²) in [5.74, 6) is -1.30. The fourth-order valence-corrected chi connectivity index (χ4v) is 1.38. The second kappa shape index (κ2) is 5.35. The standard InChI is InChI=1S/C11H13NO6/c1-6(2)18-10-5-9(17-3)7(11(13)14)4-8(10)12(15)16/h4-6H,1-3H3,(H,13,14). The topological polar surface area (TPSA) is 98.9 Å². The van der Waals surface area contributed by atoms with Crippen LogP contribution in [0.2, 0.25) is 0 Å². The molecule has 0 aliphatic carbocycles. The molecule has 18 heavy (non-hydrogen) atoms. The second-order valence-corrected chi connectivity index (χ2v) is 3.75. The SMILES string of the molecule is COc1cc(OC(C)C)c([N+](=O)[O-])cc1C(=O)O. The molecule has 0 aliphatic rings. The molecule has 1 aromatic rings. The minimum atomic E-state index is -1.30. The van der Waals surface area contributed by atoms with E-state index in [2.05, 4.69) is 0 Å². The lowest BCUT2D eigenvalue weighted by atomic mass is 10.1. The Bertz CT molecular complexity index is 483. The maximum absolute atomic E-state index is 10.9. The third-order valence-corrected chi connectivity index (χ3v) is 2.07. The molecule has 0 saturated carbocycles. The summed E-state index contributed by atoms with van der Waals surface area (Å²) >= 11 is 0. The largest absolute Gasteiger partial charge is 0.496 e. The van der Waals surface area contributed by atoms with Gasteiger partial charge in [-0.25, -0.2) is 4.79 Å². The molecule has 7 nitrogen and oxygen atoms in total. The number of carboxylic acid groups (broad SMARTS) is 1. The van der Waals surface area contributed by atoms with Crippen LogP contribution in [-0.4, -0.2) is 29.2 Å². The van der Waals surface area contributed by atoms with E-state index in [0.717, 1.165) is 6.07 Å². The van der Waals surface area contributed by atoms with Gasteiger partial charge in [-0.15, -0.1) is 0 Å². The molecule has 0 atom stereocenters. The van der Waals surface area contributed by atoms with Crippen LogP contribution in [0.4, 0.5) is 5.69 Å². The molecule has 98 valence electrons. The third-order valence-electron chi connectivity index (χ3n) is 2.07. The summed E-state index contributed by atoms with van der Waals surface area (Å²) in [6.45, 7) is 3.42. The van der Waals surface area contributed by atoms with Crippen molar-refractivity contribution in [3.8, 4) is 11.5 Å². The van der Waals surface area contributed by atoms with Gasteiger partial charge >= 0.3 is 11.7 Å². The molecule has 0 fully saturated rings. The summed E-state index contributed by atoms with van der Waals surface area (Å²) < 4.78 is 10.1. The molecule has 0 bridgehead atoms. The van der Waals surface area contributed by atoms with Crippen molar-refractivity contribution in [2.24, 2.45) is 0 Å². The van der Waals surface area contributed by atoms with Gasteiger partial charge in [-0.1, -0.05) is 0 Å². The highest BCUT2D eigenvalue weighted by Gasteiger charge is 2.23. The molecule has 1 aromatic carbocycles. The number of carboxylic acids is 1. The summed E-state index contributed by atoms with van der Waals surface area (Å²) in [4.78, 5) is 21.1. The van der Waals surface area contributed by atoms with Gasteiger partial charge in [0.05, 0.1) is 18.1 Å². The van der Waals surface area contributed by atoms with Crippen LogP contribution in [0, 0.1) is 10.1 Å². The van der Waals surface area contributed by atoms with Crippen LogP contribution in [0.3, 0.4) is 0 Å². The lowest BCUT2D eigenvalue weighted by molar-refractivity contribution is -0.386. The summed E-state index contributed by atoms with van der Waals surface area (Å²) in [7, 11) is 1.28. The van der Waals surface area contributed by atoms with Crippen molar-refractivity contribution in [3.63, 3.8) is 0 Å². The summed E-state index contributed by atoms with van der Waals surface area (Å²) in [5, 5.41) is 19.8. The zero-order valence-electron chi connectivity index (χ0n) is 10.2. The Morgan fingerprint density at radius 3 is 2.39 bits per heavy atom. The highest BCUT2D eigenvalue weighted by molar-refractivity contribution is 5.92. The number of aromatic carboxylic acids is 1. The van der Waals surface area contributed by atoms with Crippen LogP contribution in [0.1, 0.15) is 24.2 Å². The predicted molar refractivity (Wildman–Crippen MR) is 62.4 cm³/mol. The zero-order chi connectivity index (χ0) is 13.9. The molecule has 0 heterocycles. The van der Waals surface area contributed by atoms with E-state index in [4.69, 9.17) is 14.6 Å². The normalized spacial score (nSPS) is 10.2. The monoisotopic (exact) mass is 255 g/mol. The first kappa shape index (κ1) is 13.8. The van der Waals surface area contributed by atoms with Crippen molar-refractivity contribution in [1.29, 1.82) is 0 Å². The Morgan fingerprint density at radius 2 is 2.00 bits per heavy atom. The molecule has 0 spiro atoms. The van der Waals surface area contributed by atoms with E-state index in [1.54, 1.807) is 13.8 Å². The average Bonchev–Trinajstić information content (AvgIpc) is 2.26. The van der Waals surface area contributed by atoms with Crippen LogP contribution < -0.4 is 9.47 Å². The molecule has 0 unspecified atom stereocenters. The zero-order valence-corrected chi connectivity index (χ0v) is 10.2. The van der Waals surface area contributed by atoms with E-state index in [1.807, 2.05) is 0 Å². The fraction of sp³-hybridized carbons (Fsp3) is 0.364. The lowest BCUT2D eigenvalue weighted by Gasteiger charge is -2.12. The first-order chi connectivity index (χ1) is 8.36. The van der Waals surface area contributed by atoms with Crippen molar-refractivity contribution in [2.45, 2.75) is 20.0 Å². The Morgan fingerprint density at radius 1 is 1.39 bits per heavy atom. The van der Waals surface area contributed by atoms with Gasteiger partial charge in [0.15, 0.2) is 0 Å². The van der Waals surface area contributed by atoms with E-state index >= 15 is 0 Å². The minimum Gasteiger partial charge on any atom is -0.496 e. The second-order valence-electron chi connectivity index (χ2n) is 3.75. The van der Waals surface area contributed by atoms with Crippen molar-refractivity contribution < 1.29 is 24.3 Å². The van der Waals surface area contributed by atoms with Crippen LogP contribution in [0.5, 0.6) is 11.5 Å². The van der Waals surface area contributed by atoms with E-state index in [9.17, 15) is 14.9 Å². The van der Waals surface area contributed by atoms with Crippen molar-refractivity contribution in [2.75, 3.05) is 7.11 Å². The molecule has 0 amide bonds. The highest BCUT2D eigenvalue weighted by atomic mass is 16.6. The van der Waals surface area contributed by atoms with Gasteiger partial charge in [0, 0.05) is 12.1 Å². The number of nitro benzene ring substituents is 1. The van der Waals surface area contributed by atoms with Gasteiger partial charge in [-0.2, -0.15) is 0 Å². The van der Waals surface area contributed by atoms with Gasteiger partial charge in [0.1, 0.15) is 11.3 Å². The quantitative estimate of drug-likeness (QED) is 0.638. The van der Waals surface area contributed by atoms with Crippen LogP contribution in [0.15, 0.2) is 12.1 Å². The number of hydrogen-bond acceptors (Lipinski definition) is 5. The van der Waals surface area contributed by atoms with E-state index in [-0.39, 0.29) is 23.2 Å². The first-order valence-electron chi connectivity index (χ1n) is 5.13. The number of ether oxygens (including phenoxy) is 2. The Kier molecular flexibility index (Phi) is 4.09. The molecular weight excluding hydrogens is 242 g/mol. The molecular formula is C11H13NO6. The van der Waals surface area contributed by atoms with E-state index in [1.165, 1.54) is 13.2 Å². The Hall–Kier alpha value is -2.31. The average molecular weight is 255 g/mol. The maximum atomic E-state index is 10.9. The number of nitrogens with zero attached hydrogens (tertiary/aromatic N) is 1. The van der Waals surface area contributed by atoms with Gasteiger partial charge in [-0.05, 0) is 13.8 Å². The van der Waals surface area contributed by atoms with Crippen LogP contribution in [0.25, 0.3) is 0 Å². The minimum absolute atomic E-state index is 0.0168. The number of rotatable bonds is 5. The van der Waals surface area contributed by atoms with Gasteiger partial charge < -0.3 is 14.6 Å². The fourth-order valence-electron chi connectivity index (χ4n) is 1.38. The van der Waals surface area contributed by atoms with Gasteiger partial charge in [0.25, 0.3) is 0 Å². The van der Waals surface area contributed by atoms with Gasteiger partial charge in [-0.3, -0.25) is 10.1 Å².